The highest BCUT2D eigenvalue weighted by molar-refractivity contribution is 8.76. The molecule has 0 aliphatic carbocycles. The number of hydrogen-bond donors (Lipinski definition) is 1. The van der Waals surface area contributed by atoms with E-state index < -0.39 is 94.7 Å². The van der Waals surface area contributed by atoms with Crippen LogP contribution in [0.25, 0.3) is 0 Å². The summed E-state index contributed by atoms with van der Waals surface area (Å²) in [6, 6.07) is 0. The first-order chi connectivity index (χ1) is 21.4. The third kappa shape index (κ3) is 7.97. The Hall–Kier alpha value is -1.64. The van der Waals surface area contributed by atoms with Crippen LogP contribution in [0.5, 0.6) is 0 Å². The van der Waals surface area contributed by atoms with E-state index in [1.165, 1.54) is 35.6 Å². The molecule has 0 spiro atoms. The number of ketones is 1. The summed E-state index contributed by atoms with van der Waals surface area (Å²) in [5, 5.41) is 11.1. The number of methoxy groups -OCH3 is 1. The average molecular weight is 689 g/mol. The topological polar surface area (TPSA) is 144 Å². The molecule has 0 amide bonds. The van der Waals surface area contributed by atoms with Crippen molar-refractivity contribution < 1.29 is 52.7 Å². The highest BCUT2D eigenvalue weighted by atomic mass is 33.1. The van der Waals surface area contributed by atoms with Gasteiger partial charge in [-0.05, 0) is 52.9 Å². The van der Waals surface area contributed by atoms with Gasteiger partial charge in [-0.15, -0.1) is 0 Å². The molecule has 0 aromatic heterocycles. The highest BCUT2D eigenvalue weighted by Crippen LogP contribution is 2.50. The van der Waals surface area contributed by atoms with Crippen LogP contribution in [0, 0.1) is 29.6 Å². The van der Waals surface area contributed by atoms with E-state index in [0.717, 1.165) is 0 Å². The Morgan fingerprint density at radius 2 is 1.72 bits per heavy atom. The van der Waals surface area contributed by atoms with Crippen molar-refractivity contribution in [2.45, 2.75) is 128 Å². The summed E-state index contributed by atoms with van der Waals surface area (Å²) in [5.74, 6) is -5.34. The maximum Gasteiger partial charge on any atom is 0.321 e. The molecule has 13 heteroatoms. The summed E-state index contributed by atoms with van der Waals surface area (Å²) in [4.78, 5) is 53.2. The Morgan fingerprint density at radius 3 is 2.28 bits per heavy atom. The number of cyclic esters (lactones) is 1. The molecule has 3 rings (SSSR count). The zero-order valence-corrected chi connectivity index (χ0v) is 30.5. The highest BCUT2D eigenvalue weighted by Gasteiger charge is 2.61. The summed E-state index contributed by atoms with van der Waals surface area (Å²) >= 11 is 0. The number of ether oxygens (including phenoxy) is 6. The molecule has 3 aliphatic rings. The van der Waals surface area contributed by atoms with E-state index in [1.54, 1.807) is 46.8 Å². The van der Waals surface area contributed by atoms with E-state index in [4.69, 9.17) is 28.4 Å². The molecular weight excluding hydrogens is 636 g/mol. The van der Waals surface area contributed by atoms with Crippen LogP contribution in [-0.2, 0) is 47.6 Å². The molecule has 262 valence electrons. The Morgan fingerprint density at radius 1 is 1.07 bits per heavy atom. The zero-order chi connectivity index (χ0) is 34.7. The summed E-state index contributed by atoms with van der Waals surface area (Å²) in [6.45, 7) is 15.4. The van der Waals surface area contributed by atoms with Crippen molar-refractivity contribution in [2.24, 2.45) is 29.6 Å². The van der Waals surface area contributed by atoms with Crippen molar-refractivity contribution in [1.29, 1.82) is 0 Å². The maximum atomic E-state index is 14.3. The van der Waals surface area contributed by atoms with Crippen molar-refractivity contribution in [3.63, 3.8) is 0 Å². The summed E-state index contributed by atoms with van der Waals surface area (Å²) in [7, 11) is 4.25. The smallest absolute Gasteiger partial charge is 0.321 e. The van der Waals surface area contributed by atoms with E-state index in [9.17, 15) is 24.3 Å². The van der Waals surface area contributed by atoms with E-state index >= 15 is 0 Å². The Labute approximate surface area is 280 Å². The minimum absolute atomic E-state index is 0.105. The SMILES string of the molecule is CC[C@H]1OC(=O)[C@H](C)[C@@H](O)[C@H](C)[C@@H](O[C@@H]2O[C@H](C)C=C[C@H]2OC(C)=O)[C@](C)(OC)C[C@@H](C)C(=O)[C@H](C)[C@H]2C(SSC)C(=O)O[C@@]21C. The minimum Gasteiger partial charge on any atom is -0.458 e. The van der Waals surface area contributed by atoms with E-state index in [1.807, 2.05) is 27.0 Å². The molecule has 0 bridgehead atoms. The van der Waals surface area contributed by atoms with Crippen LogP contribution in [0.4, 0.5) is 0 Å². The lowest BCUT2D eigenvalue weighted by molar-refractivity contribution is -0.274. The van der Waals surface area contributed by atoms with Crippen LogP contribution in [0.3, 0.4) is 0 Å². The molecule has 3 heterocycles. The number of esters is 3. The number of fused-ring (bicyclic) bond motifs is 1. The van der Waals surface area contributed by atoms with Gasteiger partial charge in [0.05, 0.1) is 29.8 Å². The number of carbonyl (C=O) groups is 4. The number of hydrogen-bond acceptors (Lipinski definition) is 13. The monoisotopic (exact) mass is 688 g/mol. The molecule has 0 saturated carbocycles. The lowest BCUT2D eigenvalue weighted by atomic mass is 9.70. The molecular formula is C33H52O11S2. The van der Waals surface area contributed by atoms with E-state index in [2.05, 4.69) is 0 Å². The van der Waals surface area contributed by atoms with Crippen molar-refractivity contribution in [1.82, 2.24) is 0 Å². The van der Waals surface area contributed by atoms with Gasteiger partial charge in [0.25, 0.3) is 0 Å². The van der Waals surface area contributed by atoms with Crippen LogP contribution < -0.4 is 0 Å². The van der Waals surface area contributed by atoms with Crippen molar-refractivity contribution >= 4 is 45.3 Å². The molecule has 2 fully saturated rings. The molecule has 0 aromatic carbocycles. The summed E-state index contributed by atoms with van der Waals surface area (Å²) in [6.07, 6.45) is 0.445. The Balaban J connectivity index is 2.14. The van der Waals surface area contributed by atoms with Crippen molar-refractivity contribution in [3.05, 3.63) is 12.2 Å². The molecule has 11 nitrogen and oxygen atoms in total. The molecule has 0 radical (unpaired) electrons. The zero-order valence-electron chi connectivity index (χ0n) is 28.8. The van der Waals surface area contributed by atoms with Gasteiger partial charge in [-0.3, -0.25) is 19.2 Å². The van der Waals surface area contributed by atoms with Crippen LogP contribution in [0.1, 0.15) is 75.2 Å². The van der Waals surface area contributed by atoms with Crippen molar-refractivity contribution in [2.75, 3.05) is 13.4 Å². The van der Waals surface area contributed by atoms with Crippen LogP contribution >= 0.6 is 21.6 Å². The summed E-state index contributed by atoms with van der Waals surface area (Å²) in [5.41, 5.74) is -2.46. The van der Waals surface area contributed by atoms with Gasteiger partial charge in [-0.1, -0.05) is 55.4 Å². The quantitative estimate of drug-likeness (QED) is 0.173. The lowest BCUT2D eigenvalue weighted by Gasteiger charge is -2.46. The molecule has 2 saturated heterocycles. The summed E-state index contributed by atoms with van der Waals surface area (Å²) < 4.78 is 36.3. The van der Waals surface area contributed by atoms with Gasteiger partial charge in [0, 0.05) is 37.7 Å². The molecule has 0 aromatic rings. The molecule has 1 N–H and O–H groups in total. The number of aliphatic hydroxyl groups excluding tert-OH is 1. The van der Waals surface area contributed by atoms with Crippen LogP contribution in [0.2, 0.25) is 0 Å². The van der Waals surface area contributed by atoms with Gasteiger partial charge in [0.15, 0.2) is 18.0 Å². The fraction of sp³-hybridized carbons (Fsp3) is 0.818. The van der Waals surface area contributed by atoms with Gasteiger partial charge in [0.2, 0.25) is 0 Å². The van der Waals surface area contributed by atoms with Gasteiger partial charge in [0.1, 0.15) is 17.1 Å². The van der Waals surface area contributed by atoms with Gasteiger partial charge >= 0.3 is 17.9 Å². The predicted molar refractivity (Wildman–Crippen MR) is 175 cm³/mol. The Bertz CT molecular complexity index is 1150. The third-order valence-electron chi connectivity index (χ3n) is 9.93. The van der Waals surface area contributed by atoms with Crippen LogP contribution in [-0.4, -0.2) is 95.4 Å². The first kappa shape index (κ1) is 38.8. The van der Waals surface area contributed by atoms with E-state index in [-0.39, 0.29) is 18.3 Å². The first-order valence-electron chi connectivity index (χ1n) is 16.0. The van der Waals surface area contributed by atoms with Gasteiger partial charge in [-0.25, -0.2) is 0 Å². The minimum atomic E-state index is -1.28. The number of Topliss-reactive ketones (excluding diaryl/α,β-unsaturated/α-hetero) is 1. The fourth-order valence-corrected chi connectivity index (χ4v) is 9.54. The Kier molecular flexibility index (Phi) is 13.3. The third-order valence-corrected chi connectivity index (χ3v) is 12.0. The number of carbonyl (C=O) groups excluding carboxylic acids is 4. The normalized spacial score (nSPS) is 44.1. The van der Waals surface area contributed by atoms with Gasteiger partial charge in [-0.2, -0.15) is 0 Å². The lowest BCUT2D eigenvalue weighted by Crippen LogP contribution is -2.57. The largest absolute Gasteiger partial charge is 0.458 e. The second-order valence-electron chi connectivity index (χ2n) is 13.3. The molecule has 1 unspecified atom stereocenters. The number of rotatable bonds is 7. The molecule has 3 aliphatic heterocycles. The van der Waals surface area contributed by atoms with E-state index in [0.29, 0.717) is 6.42 Å². The van der Waals surface area contributed by atoms with Crippen molar-refractivity contribution in [3.8, 4) is 0 Å². The predicted octanol–water partition coefficient (Wildman–Crippen LogP) is 4.52. The molecule has 46 heavy (non-hydrogen) atoms. The van der Waals surface area contributed by atoms with Crippen LogP contribution in [0.15, 0.2) is 12.2 Å². The first-order valence-corrected chi connectivity index (χ1v) is 18.6. The second-order valence-corrected chi connectivity index (χ2v) is 15.9. The second kappa shape index (κ2) is 15.7. The maximum absolute atomic E-state index is 14.3. The van der Waals surface area contributed by atoms with Gasteiger partial charge < -0.3 is 33.5 Å². The fourth-order valence-electron chi connectivity index (χ4n) is 7.36. The molecule has 14 atom stereocenters. The standard InChI is InChI=1S/C33H52O11S2/c1-12-23-33(9)24(27(46-45-11)30(38)44-33)18(4)25(35)16(2)15-32(8,39-10)28(19(5)26(36)20(6)29(37)42-23)43-31-22(41-21(7)34)14-13-17(3)40-31/h13-14,16-20,22-24,26-28,31,36H,12,15H2,1-11H3/t16-,17-,18-,19+,20-,22-,23-,24+,26+,27?,28-,31+,32-,33-/m1/s1. The number of aliphatic hydroxyl groups is 1. The average Bonchev–Trinajstić information content (AvgIpc) is 3.26.